The van der Waals surface area contributed by atoms with Gasteiger partial charge in [0.2, 0.25) is 0 Å². The number of nitrogens with one attached hydrogen (secondary N) is 1. The summed E-state index contributed by atoms with van der Waals surface area (Å²) in [5, 5.41) is 3.94. The van der Waals surface area contributed by atoms with Gasteiger partial charge >= 0.3 is 0 Å². The zero-order valence-corrected chi connectivity index (χ0v) is 11.9. The van der Waals surface area contributed by atoms with Crippen molar-refractivity contribution in [2.75, 3.05) is 6.54 Å². The first-order valence-corrected chi connectivity index (χ1v) is 6.98. The number of para-hydroxylation sites is 1. The van der Waals surface area contributed by atoms with Gasteiger partial charge in [0.15, 0.2) is 0 Å². The highest BCUT2D eigenvalue weighted by atomic mass is 16.1. The molecule has 0 spiro atoms. The molecule has 1 N–H and O–H groups in total. The van der Waals surface area contributed by atoms with Crippen LogP contribution in [0, 0.1) is 0 Å². The number of carbonyl (C=O) groups excluding carboxylic acids is 1. The molecule has 0 bridgehead atoms. The van der Waals surface area contributed by atoms with E-state index >= 15 is 0 Å². The molecule has 2 heterocycles. The molecule has 0 fully saturated rings. The Morgan fingerprint density at radius 3 is 2.81 bits per heavy atom. The van der Waals surface area contributed by atoms with Crippen LogP contribution >= 0.6 is 0 Å². The Morgan fingerprint density at radius 2 is 2.00 bits per heavy atom. The molecule has 0 atom stereocenters. The summed E-state index contributed by atoms with van der Waals surface area (Å²) in [6.07, 6.45) is 4.37. The van der Waals surface area contributed by atoms with Gasteiger partial charge in [0, 0.05) is 49.0 Å². The van der Waals surface area contributed by atoms with Gasteiger partial charge in [0.05, 0.1) is 5.56 Å². The molecule has 1 aromatic carbocycles. The molecule has 3 rings (SSSR count). The highest BCUT2D eigenvalue weighted by Crippen LogP contribution is 2.19. The largest absolute Gasteiger partial charge is 0.352 e. The molecule has 4 nitrogen and oxygen atoms in total. The van der Waals surface area contributed by atoms with E-state index in [2.05, 4.69) is 10.3 Å². The molecule has 0 saturated heterocycles. The standard InChI is InChI=1S/C17H17N3O/c1-20-12-15(14-7-2-3-8-16(14)20)17(21)19-11-9-13-6-4-5-10-18-13/h2-8,10,12H,9,11H2,1H3,(H,19,21). The van der Waals surface area contributed by atoms with Crippen LogP contribution in [0.2, 0.25) is 0 Å². The number of aromatic nitrogens is 2. The van der Waals surface area contributed by atoms with Crippen LogP contribution in [0.5, 0.6) is 0 Å². The summed E-state index contributed by atoms with van der Waals surface area (Å²) in [5.74, 6) is -0.0391. The van der Waals surface area contributed by atoms with Crippen molar-refractivity contribution in [2.45, 2.75) is 6.42 Å². The Balaban J connectivity index is 1.70. The van der Waals surface area contributed by atoms with Crippen molar-refractivity contribution in [1.29, 1.82) is 0 Å². The molecule has 0 aliphatic carbocycles. The minimum Gasteiger partial charge on any atom is -0.352 e. The van der Waals surface area contributed by atoms with E-state index in [-0.39, 0.29) is 5.91 Å². The number of hydrogen-bond acceptors (Lipinski definition) is 2. The normalized spacial score (nSPS) is 10.7. The van der Waals surface area contributed by atoms with E-state index in [0.29, 0.717) is 12.1 Å². The Morgan fingerprint density at radius 1 is 1.19 bits per heavy atom. The molecule has 0 aliphatic rings. The van der Waals surface area contributed by atoms with Crippen molar-refractivity contribution in [3.63, 3.8) is 0 Å². The van der Waals surface area contributed by atoms with Crippen molar-refractivity contribution in [3.05, 3.63) is 66.1 Å². The van der Waals surface area contributed by atoms with Gasteiger partial charge in [-0.1, -0.05) is 24.3 Å². The molecule has 0 saturated carbocycles. The molecule has 106 valence electrons. The first kappa shape index (κ1) is 13.4. The summed E-state index contributed by atoms with van der Waals surface area (Å²) in [6, 6.07) is 13.7. The van der Waals surface area contributed by atoms with Crippen molar-refractivity contribution in [2.24, 2.45) is 7.05 Å². The molecular formula is C17H17N3O. The molecule has 0 radical (unpaired) electrons. The number of amides is 1. The van der Waals surface area contributed by atoms with Crippen LogP contribution in [0.3, 0.4) is 0 Å². The van der Waals surface area contributed by atoms with Gasteiger partial charge in [-0.2, -0.15) is 0 Å². The fourth-order valence-electron chi connectivity index (χ4n) is 2.47. The van der Waals surface area contributed by atoms with Crippen molar-refractivity contribution in [1.82, 2.24) is 14.9 Å². The first-order valence-electron chi connectivity index (χ1n) is 6.98. The predicted molar refractivity (Wildman–Crippen MR) is 83.2 cm³/mol. The Kier molecular flexibility index (Phi) is 3.69. The molecule has 4 heteroatoms. The number of hydrogen-bond donors (Lipinski definition) is 1. The van der Waals surface area contributed by atoms with Crippen LogP contribution in [0.4, 0.5) is 0 Å². The van der Waals surface area contributed by atoms with Crippen molar-refractivity contribution >= 4 is 16.8 Å². The quantitative estimate of drug-likeness (QED) is 0.798. The number of benzene rings is 1. The van der Waals surface area contributed by atoms with Crippen LogP contribution < -0.4 is 5.32 Å². The third kappa shape index (κ3) is 2.79. The lowest BCUT2D eigenvalue weighted by atomic mass is 10.1. The van der Waals surface area contributed by atoms with Gasteiger partial charge in [-0.05, 0) is 18.2 Å². The van der Waals surface area contributed by atoms with E-state index in [1.54, 1.807) is 6.20 Å². The maximum absolute atomic E-state index is 12.3. The third-order valence-electron chi connectivity index (χ3n) is 3.53. The lowest BCUT2D eigenvalue weighted by Crippen LogP contribution is -2.25. The van der Waals surface area contributed by atoms with Crippen LogP contribution in [-0.4, -0.2) is 22.0 Å². The summed E-state index contributed by atoms with van der Waals surface area (Å²) in [7, 11) is 1.95. The Bertz CT molecular complexity index is 762. The molecule has 0 aliphatic heterocycles. The molecule has 3 aromatic rings. The predicted octanol–water partition coefficient (Wildman–Crippen LogP) is 2.55. The number of fused-ring (bicyclic) bond motifs is 1. The lowest BCUT2D eigenvalue weighted by Gasteiger charge is -2.04. The molecular weight excluding hydrogens is 262 g/mol. The monoisotopic (exact) mass is 279 g/mol. The first-order chi connectivity index (χ1) is 10.3. The zero-order valence-electron chi connectivity index (χ0n) is 11.9. The molecule has 2 aromatic heterocycles. The van der Waals surface area contributed by atoms with Gasteiger partial charge in [-0.3, -0.25) is 9.78 Å². The van der Waals surface area contributed by atoms with Gasteiger partial charge in [0.25, 0.3) is 5.91 Å². The second-order valence-electron chi connectivity index (χ2n) is 5.00. The van der Waals surface area contributed by atoms with Gasteiger partial charge in [-0.15, -0.1) is 0 Å². The van der Waals surface area contributed by atoms with Gasteiger partial charge in [-0.25, -0.2) is 0 Å². The minimum atomic E-state index is -0.0391. The number of carbonyl (C=O) groups is 1. The lowest BCUT2D eigenvalue weighted by molar-refractivity contribution is 0.0955. The number of aryl methyl sites for hydroxylation is 1. The average Bonchev–Trinajstić information content (AvgIpc) is 2.86. The van der Waals surface area contributed by atoms with E-state index in [0.717, 1.165) is 23.0 Å². The Labute approximate surface area is 123 Å². The molecule has 0 unspecified atom stereocenters. The van der Waals surface area contributed by atoms with Crippen molar-refractivity contribution in [3.8, 4) is 0 Å². The van der Waals surface area contributed by atoms with Crippen molar-refractivity contribution < 1.29 is 4.79 Å². The summed E-state index contributed by atoms with van der Waals surface area (Å²) < 4.78 is 1.98. The van der Waals surface area contributed by atoms with Crippen LogP contribution in [0.25, 0.3) is 10.9 Å². The van der Waals surface area contributed by atoms with Crippen LogP contribution in [0.1, 0.15) is 16.1 Å². The second kappa shape index (κ2) is 5.79. The third-order valence-corrected chi connectivity index (χ3v) is 3.53. The Hall–Kier alpha value is -2.62. The highest BCUT2D eigenvalue weighted by Gasteiger charge is 2.12. The maximum Gasteiger partial charge on any atom is 0.253 e. The SMILES string of the molecule is Cn1cc(C(=O)NCCc2ccccn2)c2ccccc21. The summed E-state index contributed by atoms with van der Waals surface area (Å²) in [4.78, 5) is 16.6. The second-order valence-corrected chi connectivity index (χ2v) is 5.00. The summed E-state index contributed by atoms with van der Waals surface area (Å²) >= 11 is 0. The van der Waals surface area contributed by atoms with Crippen LogP contribution in [0.15, 0.2) is 54.9 Å². The number of nitrogens with zero attached hydrogens (tertiary/aromatic N) is 2. The fourth-order valence-corrected chi connectivity index (χ4v) is 2.47. The molecule has 1 amide bonds. The van der Waals surface area contributed by atoms with Gasteiger partial charge in [0.1, 0.15) is 0 Å². The van der Waals surface area contributed by atoms with Crippen LogP contribution in [-0.2, 0) is 13.5 Å². The zero-order chi connectivity index (χ0) is 14.7. The van der Waals surface area contributed by atoms with Gasteiger partial charge < -0.3 is 9.88 Å². The highest BCUT2D eigenvalue weighted by molar-refractivity contribution is 6.06. The molecule has 21 heavy (non-hydrogen) atoms. The maximum atomic E-state index is 12.3. The van der Waals surface area contributed by atoms with E-state index < -0.39 is 0 Å². The fraction of sp³-hybridized carbons (Fsp3) is 0.176. The van der Waals surface area contributed by atoms with E-state index in [4.69, 9.17) is 0 Å². The average molecular weight is 279 g/mol. The number of pyridine rings is 1. The topological polar surface area (TPSA) is 46.9 Å². The van der Waals surface area contributed by atoms with E-state index in [1.165, 1.54) is 0 Å². The number of rotatable bonds is 4. The smallest absolute Gasteiger partial charge is 0.253 e. The summed E-state index contributed by atoms with van der Waals surface area (Å²) in [6.45, 7) is 0.582. The van der Waals surface area contributed by atoms with E-state index in [9.17, 15) is 4.79 Å². The summed E-state index contributed by atoms with van der Waals surface area (Å²) in [5.41, 5.74) is 2.76. The minimum absolute atomic E-state index is 0.0391. The van der Waals surface area contributed by atoms with E-state index in [1.807, 2.05) is 60.3 Å².